The molecule has 2 unspecified atom stereocenters. The lowest BCUT2D eigenvalue weighted by molar-refractivity contribution is -0.143. The van der Waals surface area contributed by atoms with Gasteiger partial charge in [-0.25, -0.2) is 4.68 Å². The Kier molecular flexibility index (Phi) is 3.75. The van der Waals surface area contributed by atoms with Gasteiger partial charge in [0.1, 0.15) is 6.04 Å². The molecule has 1 fully saturated rings. The number of hydrogen-bond acceptors (Lipinski definition) is 3. The number of carbonyl (C=O) groups is 1. The Morgan fingerprint density at radius 3 is 2.81 bits per heavy atom. The summed E-state index contributed by atoms with van der Waals surface area (Å²) < 4.78 is 1.82. The summed E-state index contributed by atoms with van der Waals surface area (Å²) in [6.07, 6.45) is 2.84. The van der Waals surface area contributed by atoms with Crippen LogP contribution in [0.5, 0.6) is 0 Å². The summed E-state index contributed by atoms with van der Waals surface area (Å²) in [4.78, 5) is 13.4. The number of benzene rings is 1. The molecule has 0 spiro atoms. The SMILES string of the molecule is CC1CCN(Cc2ccn(-c3ccccc3)n2)C1C(=O)O. The maximum Gasteiger partial charge on any atom is 0.321 e. The van der Waals surface area contributed by atoms with Crippen LogP contribution >= 0.6 is 0 Å². The van der Waals surface area contributed by atoms with E-state index in [-0.39, 0.29) is 5.92 Å². The summed E-state index contributed by atoms with van der Waals surface area (Å²) in [5.74, 6) is -0.541. The van der Waals surface area contributed by atoms with Crippen LogP contribution in [0.2, 0.25) is 0 Å². The normalized spacial score (nSPS) is 22.5. The first-order valence-corrected chi connectivity index (χ1v) is 7.22. The van der Waals surface area contributed by atoms with Crippen LogP contribution in [0.15, 0.2) is 42.6 Å². The van der Waals surface area contributed by atoms with Gasteiger partial charge in [-0.1, -0.05) is 25.1 Å². The Morgan fingerprint density at radius 1 is 1.33 bits per heavy atom. The van der Waals surface area contributed by atoms with E-state index in [1.54, 1.807) is 0 Å². The van der Waals surface area contributed by atoms with Crippen LogP contribution in [-0.2, 0) is 11.3 Å². The van der Waals surface area contributed by atoms with E-state index < -0.39 is 12.0 Å². The van der Waals surface area contributed by atoms with E-state index in [2.05, 4.69) is 5.10 Å². The molecule has 3 rings (SSSR count). The lowest BCUT2D eigenvalue weighted by Crippen LogP contribution is -2.38. The van der Waals surface area contributed by atoms with Gasteiger partial charge in [0.05, 0.1) is 11.4 Å². The van der Waals surface area contributed by atoms with Gasteiger partial charge in [0, 0.05) is 12.7 Å². The zero-order valence-electron chi connectivity index (χ0n) is 12.0. The number of aromatic nitrogens is 2. The largest absolute Gasteiger partial charge is 0.480 e. The van der Waals surface area contributed by atoms with Gasteiger partial charge in [-0.05, 0) is 37.1 Å². The molecule has 1 aromatic carbocycles. The van der Waals surface area contributed by atoms with E-state index in [4.69, 9.17) is 0 Å². The molecule has 5 nitrogen and oxygen atoms in total. The molecule has 1 aliphatic rings. The number of para-hydroxylation sites is 1. The van der Waals surface area contributed by atoms with Gasteiger partial charge in [-0.15, -0.1) is 0 Å². The van der Waals surface area contributed by atoms with Gasteiger partial charge in [0.15, 0.2) is 0 Å². The quantitative estimate of drug-likeness (QED) is 0.935. The van der Waals surface area contributed by atoms with E-state index in [1.165, 1.54) is 0 Å². The lowest BCUT2D eigenvalue weighted by atomic mass is 10.0. The van der Waals surface area contributed by atoms with Crippen molar-refractivity contribution in [3.8, 4) is 5.69 Å². The molecular weight excluding hydrogens is 266 g/mol. The molecule has 1 saturated heterocycles. The average Bonchev–Trinajstić information content (AvgIpc) is 3.07. The number of likely N-dealkylation sites (tertiary alicyclic amines) is 1. The molecule has 21 heavy (non-hydrogen) atoms. The van der Waals surface area contributed by atoms with Crippen molar-refractivity contribution < 1.29 is 9.90 Å². The molecular formula is C16H19N3O2. The van der Waals surface area contributed by atoms with Crippen LogP contribution < -0.4 is 0 Å². The van der Waals surface area contributed by atoms with Crippen molar-refractivity contribution in [1.29, 1.82) is 0 Å². The average molecular weight is 285 g/mol. The Labute approximate surface area is 123 Å². The van der Waals surface area contributed by atoms with Crippen LogP contribution in [0, 0.1) is 5.92 Å². The number of rotatable bonds is 4. The third-order valence-electron chi connectivity index (χ3n) is 4.09. The minimum absolute atomic E-state index is 0.193. The smallest absolute Gasteiger partial charge is 0.321 e. The summed E-state index contributed by atoms with van der Waals surface area (Å²) >= 11 is 0. The minimum atomic E-state index is -0.734. The molecule has 0 aliphatic carbocycles. The van der Waals surface area contributed by atoms with E-state index in [0.29, 0.717) is 6.54 Å². The molecule has 110 valence electrons. The summed E-state index contributed by atoms with van der Waals surface area (Å²) in [7, 11) is 0. The van der Waals surface area contributed by atoms with Gasteiger partial charge >= 0.3 is 5.97 Å². The van der Waals surface area contributed by atoms with E-state index in [0.717, 1.165) is 24.3 Å². The monoisotopic (exact) mass is 285 g/mol. The van der Waals surface area contributed by atoms with Crippen LogP contribution in [-0.4, -0.2) is 38.3 Å². The number of nitrogens with zero attached hydrogens (tertiary/aromatic N) is 3. The fraction of sp³-hybridized carbons (Fsp3) is 0.375. The maximum absolute atomic E-state index is 11.4. The zero-order valence-corrected chi connectivity index (χ0v) is 12.0. The fourth-order valence-corrected chi connectivity index (χ4v) is 2.98. The van der Waals surface area contributed by atoms with Gasteiger partial charge in [0.25, 0.3) is 0 Å². The van der Waals surface area contributed by atoms with Crippen molar-refractivity contribution in [2.24, 2.45) is 5.92 Å². The van der Waals surface area contributed by atoms with Gasteiger partial charge in [-0.3, -0.25) is 9.69 Å². The Balaban J connectivity index is 1.74. The van der Waals surface area contributed by atoms with Crippen molar-refractivity contribution in [2.75, 3.05) is 6.54 Å². The first-order valence-electron chi connectivity index (χ1n) is 7.22. The van der Waals surface area contributed by atoms with Gasteiger partial charge in [0.2, 0.25) is 0 Å². The third-order valence-corrected chi connectivity index (χ3v) is 4.09. The molecule has 0 radical (unpaired) electrons. The van der Waals surface area contributed by atoms with E-state index in [1.807, 2.05) is 59.1 Å². The summed E-state index contributed by atoms with van der Waals surface area (Å²) in [5.41, 5.74) is 1.91. The first kappa shape index (κ1) is 13.8. The van der Waals surface area contributed by atoms with Gasteiger partial charge in [-0.2, -0.15) is 5.10 Å². The molecule has 0 saturated carbocycles. The van der Waals surface area contributed by atoms with Gasteiger partial charge < -0.3 is 5.11 Å². The highest BCUT2D eigenvalue weighted by molar-refractivity contribution is 5.74. The first-order chi connectivity index (χ1) is 10.1. The zero-order chi connectivity index (χ0) is 14.8. The van der Waals surface area contributed by atoms with E-state index >= 15 is 0 Å². The standard InChI is InChI=1S/C16H19N3O2/c1-12-7-9-18(15(12)16(20)21)11-13-8-10-19(17-13)14-5-3-2-4-6-14/h2-6,8,10,12,15H,7,9,11H2,1H3,(H,20,21). The van der Waals surface area contributed by atoms with Crippen molar-refractivity contribution in [3.63, 3.8) is 0 Å². The maximum atomic E-state index is 11.4. The molecule has 0 bridgehead atoms. The summed E-state index contributed by atoms with van der Waals surface area (Å²) in [6.45, 7) is 3.40. The summed E-state index contributed by atoms with van der Waals surface area (Å²) in [5, 5.41) is 13.9. The highest BCUT2D eigenvalue weighted by atomic mass is 16.4. The van der Waals surface area contributed by atoms with Crippen LogP contribution in [0.4, 0.5) is 0 Å². The van der Waals surface area contributed by atoms with Crippen LogP contribution in [0.3, 0.4) is 0 Å². The summed E-state index contributed by atoms with van der Waals surface area (Å²) in [6, 6.07) is 11.5. The van der Waals surface area contributed by atoms with Crippen molar-refractivity contribution in [1.82, 2.24) is 14.7 Å². The highest BCUT2D eigenvalue weighted by Crippen LogP contribution is 2.25. The predicted octanol–water partition coefficient (Wildman–Crippen LogP) is 2.17. The molecule has 1 N–H and O–H groups in total. The topological polar surface area (TPSA) is 58.4 Å². The number of hydrogen-bond donors (Lipinski definition) is 1. The number of carboxylic acids is 1. The van der Waals surface area contributed by atoms with Crippen LogP contribution in [0.25, 0.3) is 5.69 Å². The second-order valence-corrected chi connectivity index (χ2v) is 5.61. The second-order valence-electron chi connectivity index (χ2n) is 5.61. The molecule has 2 atom stereocenters. The minimum Gasteiger partial charge on any atom is -0.480 e. The molecule has 1 aromatic heterocycles. The molecule has 2 heterocycles. The Bertz CT molecular complexity index is 623. The Morgan fingerprint density at radius 2 is 2.10 bits per heavy atom. The number of carboxylic acid groups (broad SMARTS) is 1. The lowest BCUT2D eigenvalue weighted by Gasteiger charge is -2.21. The molecule has 0 amide bonds. The molecule has 2 aromatic rings. The van der Waals surface area contributed by atoms with Crippen molar-refractivity contribution in [2.45, 2.75) is 25.9 Å². The fourth-order valence-electron chi connectivity index (χ4n) is 2.98. The predicted molar refractivity (Wildman–Crippen MR) is 79.2 cm³/mol. The Hall–Kier alpha value is -2.14. The number of aliphatic carboxylic acids is 1. The van der Waals surface area contributed by atoms with Crippen molar-refractivity contribution >= 4 is 5.97 Å². The molecule has 5 heteroatoms. The molecule has 1 aliphatic heterocycles. The van der Waals surface area contributed by atoms with Crippen LogP contribution in [0.1, 0.15) is 19.0 Å². The van der Waals surface area contributed by atoms with Crippen molar-refractivity contribution in [3.05, 3.63) is 48.3 Å². The second kappa shape index (κ2) is 5.69. The third kappa shape index (κ3) is 2.83. The van der Waals surface area contributed by atoms with E-state index in [9.17, 15) is 9.90 Å². The highest BCUT2D eigenvalue weighted by Gasteiger charge is 2.36.